The first-order valence-electron chi connectivity index (χ1n) is 6.66. The van der Waals surface area contributed by atoms with Crippen molar-refractivity contribution < 1.29 is 0 Å². The predicted molar refractivity (Wildman–Crippen MR) is 74.0 cm³/mol. The molecule has 0 aliphatic heterocycles. The van der Waals surface area contributed by atoms with Gasteiger partial charge in [0, 0.05) is 24.5 Å². The summed E-state index contributed by atoms with van der Waals surface area (Å²) < 4.78 is 2.27. The summed E-state index contributed by atoms with van der Waals surface area (Å²) in [5.74, 6) is 2.63. The van der Waals surface area contributed by atoms with E-state index in [1.165, 1.54) is 19.3 Å². The van der Waals surface area contributed by atoms with Gasteiger partial charge in [0.1, 0.15) is 11.3 Å². The van der Waals surface area contributed by atoms with E-state index in [-0.39, 0.29) is 0 Å². The second-order valence-electron chi connectivity index (χ2n) is 5.15. The van der Waals surface area contributed by atoms with Crippen LogP contribution in [0, 0.1) is 12.8 Å². The molecule has 0 spiro atoms. The minimum atomic E-state index is 0.617. The Labute approximate surface area is 112 Å². The monoisotopic (exact) mass is 263 g/mol. The largest absolute Gasteiger partial charge is 0.313 e. The van der Waals surface area contributed by atoms with E-state index in [0.29, 0.717) is 5.88 Å². The van der Waals surface area contributed by atoms with Crippen LogP contribution in [0.2, 0.25) is 0 Å². The molecule has 0 radical (unpaired) electrons. The van der Waals surface area contributed by atoms with Gasteiger partial charge >= 0.3 is 0 Å². The third-order valence-electron chi connectivity index (χ3n) is 3.59. The molecule has 0 amide bonds. The first-order chi connectivity index (χ1) is 8.78. The molecule has 1 aliphatic carbocycles. The predicted octanol–water partition coefficient (Wildman–Crippen LogP) is 3.32. The number of hydrogen-bond acceptors (Lipinski definition) is 2. The lowest BCUT2D eigenvalue weighted by Crippen LogP contribution is -2.06. The fourth-order valence-electron chi connectivity index (χ4n) is 2.37. The quantitative estimate of drug-likeness (QED) is 0.775. The van der Waals surface area contributed by atoms with E-state index in [2.05, 4.69) is 20.6 Å². The molecule has 18 heavy (non-hydrogen) atoms. The average molecular weight is 264 g/mol. The van der Waals surface area contributed by atoms with Crippen LogP contribution in [0.25, 0.3) is 11.2 Å². The van der Waals surface area contributed by atoms with Gasteiger partial charge in [-0.1, -0.05) is 12.8 Å². The Balaban J connectivity index is 1.98. The van der Waals surface area contributed by atoms with Gasteiger partial charge in [0.15, 0.2) is 5.65 Å². The number of alkyl halides is 1. The van der Waals surface area contributed by atoms with E-state index in [1.54, 1.807) is 0 Å². The topological polar surface area (TPSA) is 30.7 Å². The highest BCUT2D eigenvalue weighted by atomic mass is 35.5. The molecule has 2 aromatic heterocycles. The highest BCUT2D eigenvalue weighted by Crippen LogP contribution is 2.33. The summed E-state index contributed by atoms with van der Waals surface area (Å²) in [5.41, 5.74) is 3.07. The fourth-order valence-corrected chi connectivity index (χ4v) is 2.54. The van der Waals surface area contributed by atoms with Crippen molar-refractivity contribution in [1.82, 2.24) is 14.5 Å². The van der Waals surface area contributed by atoms with Crippen molar-refractivity contribution in [2.45, 2.75) is 39.2 Å². The van der Waals surface area contributed by atoms with Gasteiger partial charge in [-0.3, -0.25) is 0 Å². The van der Waals surface area contributed by atoms with Gasteiger partial charge in [-0.15, -0.1) is 11.6 Å². The van der Waals surface area contributed by atoms with Crippen molar-refractivity contribution in [3.8, 4) is 0 Å². The lowest BCUT2D eigenvalue weighted by molar-refractivity contribution is 0.585. The number of halogens is 1. The fraction of sp³-hybridized carbons (Fsp3) is 0.571. The number of hydrogen-bond donors (Lipinski definition) is 0. The van der Waals surface area contributed by atoms with Gasteiger partial charge in [-0.05, 0) is 31.4 Å². The molecule has 0 aromatic carbocycles. The number of aryl methyl sites for hydroxylation is 3. The van der Waals surface area contributed by atoms with E-state index in [0.717, 1.165) is 41.6 Å². The molecule has 0 N–H and O–H groups in total. The molecule has 3 rings (SSSR count). The maximum Gasteiger partial charge on any atom is 0.160 e. The number of pyridine rings is 1. The standard InChI is InChI=1S/C14H18ClN3/c1-10-2-5-12-14(16-10)18(9-7-11-3-4-11)13(17-12)6-8-15/h2,5,11H,3-4,6-9H2,1H3. The molecule has 0 unspecified atom stereocenters. The van der Waals surface area contributed by atoms with Crippen LogP contribution >= 0.6 is 11.6 Å². The number of rotatable bonds is 5. The lowest BCUT2D eigenvalue weighted by atomic mass is 10.3. The van der Waals surface area contributed by atoms with Gasteiger partial charge in [0.2, 0.25) is 0 Å². The first-order valence-corrected chi connectivity index (χ1v) is 7.20. The highest BCUT2D eigenvalue weighted by Gasteiger charge is 2.22. The Bertz CT molecular complexity index is 557. The van der Waals surface area contributed by atoms with Crippen LogP contribution in [0.5, 0.6) is 0 Å². The molecule has 1 saturated carbocycles. The molecule has 4 heteroatoms. The SMILES string of the molecule is Cc1ccc2nc(CCCl)n(CCC3CC3)c2n1. The van der Waals surface area contributed by atoms with Gasteiger partial charge < -0.3 is 4.57 Å². The highest BCUT2D eigenvalue weighted by molar-refractivity contribution is 6.17. The van der Waals surface area contributed by atoms with Crippen molar-refractivity contribution in [3.05, 3.63) is 23.7 Å². The van der Waals surface area contributed by atoms with E-state index < -0.39 is 0 Å². The van der Waals surface area contributed by atoms with Crippen LogP contribution in [0.1, 0.15) is 30.8 Å². The Morgan fingerprint density at radius 2 is 2.17 bits per heavy atom. The molecule has 96 valence electrons. The average Bonchev–Trinajstić information content (AvgIpc) is 3.11. The van der Waals surface area contributed by atoms with Gasteiger partial charge in [0.05, 0.1) is 0 Å². The van der Waals surface area contributed by atoms with Crippen LogP contribution in [0.4, 0.5) is 0 Å². The van der Waals surface area contributed by atoms with Crippen LogP contribution in [-0.4, -0.2) is 20.4 Å². The molecular formula is C14H18ClN3. The zero-order chi connectivity index (χ0) is 12.5. The van der Waals surface area contributed by atoms with Crippen LogP contribution < -0.4 is 0 Å². The maximum atomic E-state index is 5.87. The maximum absolute atomic E-state index is 5.87. The number of nitrogens with zero attached hydrogens (tertiary/aromatic N) is 3. The zero-order valence-corrected chi connectivity index (χ0v) is 11.5. The molecular weight excluding hydrogens is 246 g/mol. The molecule has 1 fully saturated rings. The van der Waals surface area contributed by atoms with Crippen LogP contribution in [0.15, 0.2) is 12.1 Å². The van der Waals surface area contributed by atoms with Crippen LogP contribution in [0.3, 0.4) is 0 Å². The lowest BCUT2D eigenvalue weighted by Gasteiger charge is -2.07. The Kier molecular flexibility index (Phi) is 3.25. The molecule has 0 saturated heterocycles. The molecule has 0 bridgehead atoms. The Hall–Kier alpha value is -1.09. The smallest absolute Gasteiger partial charge is 0.160 e. The number of fused-ring (bicyclic) bond motifs is 1. The van der Waals surface area contributed by atoms with E-state index in [1.807, 2.05) is 13.0 Å². The molecule has 3 nitrogen and oxygen atoms in total. The normalized spacial score (nSPS) is 15.4. The molecule has 1 aliphatic rings. The van der Waals surface area contributed by atoms with Crippen molar-refractivity contribution in [1.29, 1.82) is 0 Å². The Morgan fingerprint density at radius 1 is 1.33 bits per heavy atom. The second-order valence-corrected chi connectivity index (χ2v) is 5.52. The summed E-state index contributed by atoms with van der Waals surface area (Å²) >= 11 is 5.87. The van der Waals surface area contributed by atoms with Gasteiger partial charge in [-0.2, -0.15) is 0 Å². The summed E-state index contributed by atoms with van der Waals surface area (Å²) in [6.07, 6.45) is 4.85. The molecule has 2 heterocycles. The van der Waals surface area contributed by atoms with Crippen molar-refractivity contribution >= 4 is 22.8 Å². The van der Waals surface area contributed by atoms with Crippen molar-refractivity contribution in [2.75, 3.05) is 5.88 Å². The third-order valence-corrected chi connectivity index (χ3v) is 3.78. The number of aromatic nitrogens is 3. The Morgan fingerprint density at radius 3 is 2.89 bits per heavy atom. The van der Waals surface area contributed by atoms with E-state index >= 15 is 0 Å². The van der Waals surface area contributed by atoms with Gasteiger partial charge in [0.25, 0.3) is 0 Å². The minimum Gasteiger partial charge on any atom is -0.313 e. The van der Waals surface area contributed by atoms with Crippen molar-refractivity contribution in [3.63, 3.8) is 0 Å². The van der Waals surface area contributed by atoms with Crippen molar-refractivity contribution in [2.24, 2.45) is 5.92 Å². The summed E-state index contributed by atoms with van der Waals surface area (Å²) in [4.78, 5) is 9.29. The third kappa shape index (κ3) is 2.37. The first kappa shape index (κ1) is 12.0. The van der Waals surface area contributed by atoms with E-state index in [4.69, 9.17) is 11.6 Å². The second kappa shape index (κ2) is 4.88. The number of imidazole rings is 1. The van der Waals surface area contributed by atoms with Crippen LogP contribution in [-0.2, 0) is 13.0 Å². The summed E-state index contributed by atoms with van der Waals surface area (Å²) in [6.45, 7) is 3.06. The molecule has 0 atom stereocenters. The summed E-state index contributed by atoms with van der Waals surface area (Å²) in [6, 6.07) is 4.08. The zero-order valence-electron chi connectivity index (χ0n) is 10.7. The van der Waals surface area contributed by atoms with E-state index in [9.17, 15) is 0 Å². The molecule has 2 aromatic rings. The summed E-state index contributed by atoms with van der Waals surface area (Å²) in [7, 11) is 0. The van der Waals surface area contributed by atoms with Gasteiger partial charge in [-0.25, -0.2) is 9.97 Å². The minimum absolute atomic E-state index is 0.617. The summed E-state index contributed by atoms with van der Waals surface area (Å²) in [5, 5.41) is 0.